The standard InChI is InChI=1S/C26H24N2O4S/c1-3-14-32-22-13-9-8-12-19(22)15-20(16-27)24(29)28-25-23(26(30)31-4-2)21(17-33-25)18-10-6-5-7-11-18/h5-13,15,17H,3-4,14H2,1-2H3,(H,28,29). The predicted octanol–water partition coefficient (Wildman–Crippen LogP) is 5.93. The Morgan fingerprint density at radius 2 is 1.82 bits per heavy atom. The summed E-state index contributed by atoms with van der Waals surface area (Å²) in [5.41, 5.74) is 2.28. The van der Waals surface area contributed by atoms with Crippen molar-refractivity contribution in [3.63, 3.8) is 0 Å². The highest BCUT2D eigenvalue weighted by atomic mass is 32.1. The molecule has 0 saturated carbocycles. The van der Waals surface area contributed by atoms with E-state index >= 15 is 0 Å². The average molecular weight is 461 g/mol. The molecule has 1 N–H and O–H groups in total. The molecule has 6 nitrogen and oxygen atoms in total. The molecule has 0 saturated heterocycles. The number of esters is 1. The second kappa shape index (κ2) is 11.7. The Balaban J connectivity index is 1.93. The monoisotopic (exact) mass is 460 g/mol. The van der Waals surface area contributed by atoms with Crippen LogP contribution in [0.2, 0.25) is 0 Å². The van der Waals surface area contributed by atoms with Crippen molar-refractivity contribution >= 4 is 34.3 Å². The minimum absolute atomic E-state index is 0.105. The first-order valence-corrected chi connectivity index (χ1v) is 11.5. The van der Waals surface area contributed by atoms with E-state index in [0.717, 1.165) is 12.0 Å². The molecule has 0 spiro atoms. The van der Waals surface area contributed by atoms with E-state index in [4.69, 9.17) is 9.47 Å². The van der Waals surface area contributed by atoms with Crippen LogP contribution in [0.3, 0.4) is 0 Å². The Bertz CT molecular complexity index is 1190. The zero-order chi connectivity index (χ0) is 23.6. The van der Waals surface area contributed by atoms with Gasteiger partial charge >= 0.3 is 5.97 Å². The number of nitrogens with one attached hydrogen (secondary N) is 1. The molecule has 0 aliphatic rings. The molecule has 33 heavy (non-hydrogen) atoms. The predicted molar refractivity (Wildman–Crippen MR) is 130 cm³/mol. The molecule has 0 atom stereocenters. The van der Waals surface area contributed by atoms with Gasteiger partial charge in [-0.1, -0.05) is 55.5 Å². The van der Waals surface area contributed by atoms with Crippen LogP contribution >= 0.6 is 11.3 Å². The molecule has 7 heteroatoms. The molecule has 0 aliphatic carbocycles. The number of para-hydroxylation sites is 1. The largest absolute Gasteiger partial charge is 0.493 e. The summed E-state index contributed by atoms with van der Waals surface area (Å²) < 4.78 is 10.9. The van der Waals surface area contributed by atoms with Crippen molar-refractivity contribution in [3.05, 3.63) is 76.7 Å². The fourth-order valence-electron chi connectivity index (χ4n) is 3.10. The lowest BCUT2D eigenvalue weighted by Crippen LogP contribution is -2.16. The lowest BCUT2D eigenvalue weighted by atomic mass is 10.0. The number of thiophene rings is 1. The van der Waals surface area contributed by atoms with Crippen molar-refractivity contribution in [1.29, 1.82) is 5.26 Å². The summed E-state index contributed by atoms with van der Waals surface area (Å²) in [7, 11) is 0. The maximum Gasteiger partial charge on any atom is 0.341 e. The Labute approximate surface area is 197 Å². The Kier molecular flexibility index (Phi) is 8.39. The van der Waals surface area contributed by atoms with Gasteiger partial charge in [-0.2, -0.15) is 5.26 Å². The third-order valence-corrected chi connectivity index (χ3v) is 5.52. The summed E-state index contributed by atoms with van der Waals surface area (Å²) in [6, 6.07) is 18.5. The minimum Gasteiger partial charge on any atom is -0.493 e. The van der Waals surface area contributed by atoms with Gasteiger partial charge in [0.2, 0.25) is 0 Å². The number of hydrogen-bond donors (Lipinski definition) is 1. The molecule has 0 bridgehead atoms. The van der Waals surface area contributed by atoms with Gasteiger partial charge in [-0.15, -0.1) is 11.3 Å². The SMILES string of the molecule is CCCOc1ccccc1C=C(C#N)C(=O)Nc1scc(-c2ccccc2)c1C(=O)OCC. The van der Waals surface area contributed by atoms with E-state index < -0.39 is 11.9 Å². The van der Waals surface area contributed by atoms with Crippen LogP contribution in [0.15, 0.2) is 65.6 Å². The van der Waals surface area contributed by atoms with Gasteiger partial charge in [0.15, 0.2) is 0 Å². The zero-order valence-corrected chi connectivity index (χ0v) is 19.3. The normalized spacial score (nSPS) is 10.9. The van der Waals surface area contributed by atoms with E-state index in [-0.39, 0.29) is 17.7 Å². The summed E-state index contributed by atoms with van der Waals surface area (Å²) in [5, 5.41) is 14.5. The fraction of sp³-hybridized carbons (Fsp3) is 0.192. The summed E-state index contributed by atoms with van der Waals surface area (Å²) >= 11 is 1.21. The number of anilines is 1. The second-order valence-corrected chi connectivity index (χ2v) is 7.83. The number of ether oxygens (including phenoxy) is 2. The fourth-order valence-corrected chi connectivity index (χ4v) is 4.06. The highest BCUT2D eigenvalue weighted by Crippen LogP contribution is 2.36. The quantitative estimate of drug-likeness (QED) is 0.243. The molecule has 1 aromatic heterocycles. The van der Waals surface area contributed by atoms with Crippen LogP contribution < -0.4 is 10.1 Å². The number of carbonyl (C=O) groups is 2. The molecular formula is C26H24N2O4S. The van der Waals surface area contributed by atoms with Crippen LogP contribution in [0.4, 0.5) is 5.00 Å². The average Bonchev–Trinajstić information content (AvgIpc) is 3.26. The number of amides is 1. The first kappa shape index (κ1) is 23.8. The number of nitrogens with zero attached hydrogens (tertiary/aromatic N) is 1. The van der Waals surface area contributed by atoms with Gasteiger partial charge in [0.1, 0.15) is 28.0 Å². The molecule has 1 heterocycles. The highest BCUT2D eigenvalue weighted by Gasteiger charge is 2.23. The number of benzene rings is 2. The Morgan fingerprint density at radius 3 is 2.52 bits per heavy atom. The van der Waals surface area contributed by atoms with Crippen molar-refractivity contribution < 1.29 is 19.1 Å². The number of nitriles is 1. The van der Waals surface area contributed by atoms with Crippen LogP contribution in [0.1, 0.15) is 36.2 Å². The van der Waals surface area contributed by atoms with E-state index in [0.29, 0.717) is 28.5 Å². The van der Waals surface area contributed by atoms with Gasteiger partial charge in [0.25, 0.3) is 5.91 Å². The number of hydrogen-bond acceptors (Lipinski definition) is 6. The summed E-state index contributed by atoms with van der Waals surface area (Å²) in [5.74, 6) is -0.557. The third-order valence-electron chi connectivity index (χ3n) is 4.63. The summed E-state index contributed by atoms with van der Waals surface area (Å²) in [6.07, 6.45) is 2.32. The molecule has 0 fully saturated rings. The number of carbonyl (C=O) groups excluding carboxylic acids is 2. The highest BCUT2D eigenvalue weighted by molar-refractivity contribution is 7.15. The Morgan fingerprint density at radius 1 is 1.09 bits per heavy atom. The molecule has 3 rings (SSSR count). The van der Waals surface area contributed by atoms with E-state index in [2.05, 4.69) is 5.32 Å². The molecule has 3 aromatic rings. The molecule has 2 aromatic carbocycles. The van der Waals surface area contributed by atoms with Crippen LogP contribution in [-0.2, 0) is 9.53 Å². The Hall–Kier alpha value is -3.89. The maximum absolute atomic E-state index is 13.0. The van der Waals surface area contributed by atoms with Crippen LogP contribution in [0.5, 0.6) is 5.75 Å². The molecule has 0 radical (unpaired) electrons. The van der Waals surface area contributed by atoms with E-state index in [9.17, 15) is 14.9 Å². The number of rotatable bonds is 9. The van der Waals surface area contributed by atoms with Gasteiger partial charge in [0.05, 0.1) is 13.2 Å². The first-order valence-electron chi connectivity index (χ1n) is 10.6. The molecule has 0 unspecified atom stereocenters. The molecule has 168 valence electrons. The summed E-state index contributed by atoms with van der Waals surface area (Å²) in [4.78, 5) is 25.7. The summed E-state index contributed by atoms with van der Waals surface area (Å²) in [6.45, 7) is 4.45. The van der Waals surface area contributed by atoms with Crippen LogP contribution in [0, 0.1) is 11.3 Å². The topological polar surface area (TPSA) is 88.4 Å². The molecular weight excluding hydrogens is 436 g/mol. The van der Waals surface area contributed by atoms with Crippen molar-refractivity contribution in [2.75, 3.05) is 18.5 Å². The van der Waals surface area contributed by atoms with E-state index in [1.165, 1.54) is 17.4 Å². The van der Waals surface area contributed by atoms with Gasteiger partial charge in [-0.25, -0.2) is 4.79 Å². The smallest absolute Gasteiger partial charge is 0.341 e. The van der Waals surface area contributed by atoms with Crippen molar-refractivity contribution in [2.24, 2.45) is 0 Å². The van der Waals surface area contributed by atoms with Gasteiger partial charge < -0.3 is 14.8 Å². The lowest BCUT2D eigenvalue weighted by molar-refractivity contribution is -0.112. The zero-order valence-electron chi connectivity index (χ0n) is 18.5. The van der Waals surface area contributed by atoms with Crippen LogP contribution in [0.25, 0.3) is 17.2 Å². The van der Waals surface area contributed by atoms with Crippen molar-refractivity contribution in [3.8, 4) is 22.9 Å². The van der Waals surface area contributed by atoms with Gasteiger partial charge in [-0.05, 0) is 31.1 Å². The van der Waals surface area contributed by atoms with Crippen molar-refractivity contribution in [2.45, 2.75) is 20.3 Å². The lowest BCUT2D eigenvalue weighted by Gasteiger charge is -2.10. The van der Waals surface area contributed by atoms with Gasteiger partial charge in [0, 0.05) is 16.5 Å². The maximum atomic E-state index is 13.0. The first-order chi connectivity index (χ1) is 16.1. The molecule has 1 amide bonds. The third kappa shape index (κ3) is 5.88. The van der Waals surface area contributed by atoms with Gasteiger partial charge in [-0.3, -0.25) is 4.79 Å². The van der Waals surface area contributed by atoms with E-state index in [1.807, 2.05) is 55.5 Å². The minimum atomic E-state index is -0.616. The van der Waals surface area contributed by atoms with Crippen LogP contribution in [-0.4, -0.2) is 25.1 Å². The second-order valence-electron chi connectivity index (χ2n) is 6.95. The molecule has 0 aliphatic heterocycles. The van der Waals surface area contributed by atoms with Crippen molar-refractivity contribution in [1.82, 2.24) is 0 Å². The van der Waals surface area contributed by atoms with E-state index in [1.54, 1.807) is 24.4 Å².